The van der Waals surface area contributed by atoms with E-state index in [1.54, 1.807) is 0 Å². The van der Waals surface area contributed by atoms with E-state index in [0.717, 1.165) is 6.54 Å². The summed E-state index contributed by atoms with van der Waals surface area (Å²) < 4.78 is 0. The smallest absolute Gasteiger partial charge is 0.00438 e. The summed E-state index contributed by atoms with van der Waals surface area (Å²) in [5.41, 5.74) is 0.509. The van der Waals surface area contributed by atoms with Crippen LogP contribution in [0.4, 0.5) is 0 Å². The molecule has 0 unspecified atom stereocenters. The Bertz CT molecular complexity index is 161. The summed E-state index contributed by atoms with van der Waals surface area (Å²) in [6.07, 6.45) is 11.1. The fourth-order valence-corrected chi connectivity index (χ4v) is 1.92. The fraction of sp³-hybridized carbons (Fsp3) is 0.867. The highest BCUT2D eigenvalue weighted by atomic mass is 14.8. The molecule has 0 rings (SSSR count). The first-order chi connectivity index (χ1) is 7.62. The molecule has 1 nitrogen and oxygen atoms in total. The Morgan fingerprint density at radius 3 is 2.44 bits per heavy atom. The van der Waals surface area contributed by atoms with Crippen molar-refractivity contribution in [1.29, 1.82) is 0 Å². The van der Waals surface area contributed by atoms with Crippen molar-refractivity contribution >= 4 is 0 Å². The van der Waals surface area contributed by atoms with Crippen LogP contribution in [0.15, 0.2) is 12.7 Å². The van der Waals surface area contributed by atoms with Crippen molar-refractivity contribution in [2.75, 3.05) is 13.1 Å². The van der Waals surface area contributed by atoms with E-state index in [-0.39, 0.29) is 0 Å². The number of nitrogens with one attached hydrogen (secondary N) is 1. The molecule has 0 spiro atoms. The summed E-state index contributed by atoms with van der Waals surface area (Å²) in [6.45, 7) is 13.1. The van der Waals surface area contributed by atoms with Gasteiger partial charge in [-0.05, 0) is 50.6 Å². The Morgan fingerprint density at radius 1 is 1.06 bits per heavy atom. The van der Waals surface area contributed by atoms with Crippen LogP contribution in [-0.2, 0) is 0 Å². The Hall–Kier alpha value is -0.300. The van der Waals surface area contributed by atoms with Crippen LogP contribution in [-0.4, -0.2) is 13.1 Å². The third kappa shape index (κ3) is 10.2. The van der Waals surface area contributed by atoms with E-state index in [2.05, 4.69) is 32.7 Å². The number of hydrogen-bond donors (Lipinski definition) is 1. The van der Waals surface area contributed by atoms with Gasteiger partial charge in [0.15, 0.2) is 0 Å². The summed E-state index contributed by atoms with van der Waals surface area (Å²) in [7, 11) is 0. The minimum atomic E-state index is 0.509. The first kappa shape index (κ1) is 15.7. The predicted octanol–water partition coefficient (Wildman–Crippen LogP) is 4.54. The molecule has 0 aliphatic rings. The van der Waals surface area contributed by atoms with Crippen molar-refractivity contribution in [3.63, 3.8) is 0 Å². The van der Waals surface area contributed by atoms with E-state index >= 15 is 0 Å². The van der Waals surface area contributed by atoms with E-state index in [9.17, 15) is 0 Å². The quantitative estimate of drug-likeness (QED) is 0.402. The molecule has 0 aromatic rings. The van der Waals surface area contributed by atoms with E-state index in [0.29, 0.717) is 5.41 Å². The average molecular weight is 225 g/mol. The van der Waals surface area contributed by atoms with Crippen LogP contribution in [0.5, 0.6) is 0 Å². The monoisotopic (exact) mass is 225 g/mol. The molecule has 1 heteroatoms. The molecule has 0 saturated heterocycles. The number of unbranched alkanes of at least 4 members (excludes halogenated alkanes) is 3. The standard InChI is InChI=1S/C15H31N/c1-5-7-8-9-10-11-15(3,4)12-14-16-13-6-2/h5,16H,1,6-14H2,2-4H3. The van der Waals surface area contributed by atoms with Gasteiger partial charge in [0.05, 0.1) is 0 Å². The van der Waals surface area contributed by atoms with Crippen LogP contribution < -0.4 is 5.32 Å². The van der Waals surface area contributed by atoms with Crippen molar-refractivity contribution < 1.29 is 0 Å². The van der Waals surface area contributed by atoms with Gasteiger partial charge in [0.1, 0.15) is 0 Å². The van der Waals surface area contributed by atoms with Crippen molar-refractivity contribution in [2.24, 2.45) is 5.41 Å². The zero-order valence-corrected chi connectivity index (χ0v) is 11.6. The van der Waals surface area contributed by atoms with Gasteiger partial charge in [0, 0.05) is 0 Å². The SMILES string of the molecule is C=CCCCCCC(C)(C)CCNCCC. The van der Waals surface area contributed by atoms with Gasteiger partial charge >= 0.3 is 0 Å². The molecular weight excluding hydrogens is 194 g/mol. The zero-order chi connectivity index (χ0) is 12.3. The highest BCUT2D eigenvalue weighted by Crippen LogP contribution is 2.27. The minimum absolute atomic E-state index is 0.509. The lowest BCUT2D eigenvalue weighted by molar-refractivity contribution is 0.290. The second kappa shape index (κ2) is 9.89. The predicted molar refractivity (Wildman–Crippen MR) is 74.8 cm³/mol. The maximum atomic E-state index is 3.76. The van der Waals surface area contributed by atoms with E-state index in [1.807, 2.05) is 6.08 Å². The number of allylic oxidation sites excluding steroid dienone is 1. The minimum Gasteiger partial charge on any atom is -0.317 e. The van der Waals surface area contributed by atoms with Gasteiger partial charge in [0.25, 0.3) is 0 Å². The van der Waals surface area contributed by atoms with Crippen LogP contribution in [0.3, 0.4) is 0 Å². The Balaban J connectivity index is 3.42. The molecule has 0 atom stereocenters. The lowest BCUT2D eigenvalue weighted by Gasteiger charge is -2.24. The first-order valence-corrected chi connectivity index (χ1v) is 6.94. The molecule has 0 aromatic heterocycles. The van der Waals surface area contributed by atoms with Gasteiger partial charge in [-0.2, -0.15) is 0 Å². The van der Waals surface area contributed by atoms with Gasteiger partial charge < -0.3 is 5.32 Å². The summed E-state index contributed by atoms with van der Waals surface area (Å²) in [4.78, 5) is 0. The second-order valence-electron chi connectivity index (χ2n) is 5.55. The third-order valence-corrected chi connectivity index (χ3v) is 3.17. The lowest BCUT2D eigenvalue weighted by Crippen LogP contribution is -2.23. The molecular formula is C15H31N. The molecule has 0 radical (unpaired) electrons. The largest absolute Gasteiger partial charge is 0.317 e. The normalized spacial score (nSPS) is 11.7. The third-order valence-electron chi connectivity index (χ3n) is 3.17. The van der Waals surface area contributed by atoms with Crippen molar-refractivity contribution in [3.8, 4) is 0 Å². The molecule has 16 heavy (non-hydrogen) atoms. The van der Waals surface area contributed by atoms with Gasteiger partial charge in [0.2, 0.25) is 0 Å². The van der Waals surface area contributed by atoms with Crippen molar-refractivity contribution in [3.05, 3.63) is 12.7 Å². The summed E-state index contributed by atoms with van der Waals surface area (Å²) in [6, 6.07) is 0. The summed E-state index contributed by atoms with van der Waals surface area (Å²) in [5.74, 6) is 0. The molecule has 1 N–H and O–H groups in total. The zero-order valence-electron chi connectivity index (χ0n) is 11.6. The number of hydrogen-bond acceptors (Lipinski definition) is 1. The highest BCUT2D eigenvalue weighted by Gasteiger charge is 2.16. The van der Waals surface area contributed by atoms with Gasteiger partial charge in [-0.25, -0.2) is 0 Å². The van der Waals surface area contributed by atoms with Crippen molar-refractivity contribution in [1.82, 2.24) is 5.32 Å². The van der Waals surface area contributed by atoms with E-state index < -0.39 is 0 Å². The Morgan fingerprint density at radius 2 is 1.81 bits per heavy atom. The molecule has 0 aliphatic heterocycles. The number of rotatable bonds is 11. The molecule has 0 amide bonds. The lowest BCUT2D eigenvalue weighted by atomic mass is 9.83. The van der Waals surface area contributed by atoms with Crippen LogP contribution in [0.1, 0.15) is 65.7 Å². The van der Waals surface area contributed by atoms with Crippen molar-refractivity contribution in [2.45, 2.75) is 65.7 Å². The Kier molecular flexibility index (Phi) is 9.71. The van der Waals surface area contributed by atoms with Gasteiger partial charge in [-0.3, -0.25) is 0 Å². The maximum Gasteiger partial charge on any atom is -0.00438 e. The second-order valence-corrected chi connectivity index (χ2v) is 5.55. The fourth-order valence-electron chi connectivity index (χ4n) is 1.92. The molecule has 0 fully saturated rings. The average Bonchev–Trinajstić information content (AvgIpc) is 2.24. The summed E-state index contributed by atoms with van der Waals surface area (Å²) >= 11 is 0. The molecule has 0 aromatic carbocycles. The van der Waals surface area contributed by atoms with Gasteiger partial charge in [-0.1, -0.05) is 39.7 Å². The molecule has 0 saturated carbocycles. The van der Waals surface area contributed by atoms with Crippen LogP contribution >= 0.6 is 0 Å². The topological polar surface area (TPSA) is 12.0 Å². The van der Waals surface area contributed by atoms with E-state index in [1.165, 1.54) is 51.5 Å². The van der Waals surface area contributed by atoms with Gasteiger partial charge in [-0.15, -0.1) is 6.58 Å². The Labute approximate surface area is 103 Å². The molecule has 0 heterocycles. The van der Waals surface area contributed by atoms with E-state index in [4.69, 9.17) is 0 Å². The first-order valence-electron chi connectivity index (χ1n) is 6.94. The molecule has 0 bridgehead atoms. The molecule has 96 valence electrons. The maximum absolute atomic E-state index is 3.76. The molecule has 0 aliphatic carbocycles. The summed E-state index contributed by atoms with van der Waals surface area (Å²) in [5, 5.41) is 3.49. The van der Waals surface area contributed by atoms with Crippen LogP contribution in [0, 0.1) is 5.41 Å². The van der Waals surface area contributed by atoms with Crippen LogP contribution in [0.2, 0.25) is 0 Å². The van der Waals surface area contributed by atoms with Crippen LogP contribution in [0.25, 0.3) is 0 Å². The highest BCUT2D eigenvalue weighted by molar-refractivity contribution is 4.71.